The fourth-order valence-electron chi connectivity index (χ4n) is 2.94. The van der Waals surface area contributed by atoms with E-state index in [-0.39, 0.29) is 11.5 Å². The van der Waals surface area contributed by atoms with Crippen LogP contribution in [0, 0.1) is 11.3 Å². The lowest BCUT2D eigenvalue weighted by atomic mass is 9.61. The Labute approximate surface area is 97.8 Å². The van der Waals surface area contributed by atoms with Gasteiger partial charge in [0.25, 0.3) is 0 Å². The third-order valence-corrected chi connectivity index (χ3v) is 4.32. The van der Waals surface area contributed by atoms with Gasteiger partial charge in [-0.25, -0.2) is 0 Å². The van der Waals surface area contributed by atoms with E-state index in [0.717, 1.165) is 38.8 Å². The van der Waals surface area contributed by atoms with Gasteiger partial charge in [-0.15, -0.1) is 0 Å². The molecule has 1 amide bonds. The van der Waals surface area contributed by atoms with E-state index in [2.05, 4.69) is 13.8 Å². The molecule has 0 aromatic rings. The summed E-state index contributed by atoms with van der Waals surface area (Å²) < 4.78 is 0. The van der Waals surface area contributed by atoms with Crippen molar-refractivity contribution < 1.29 is 9.90 Å². The van der Waals surface area contributed by atoms with Gasteiger partial charge in [-0.05, 0) is 37.0 Å². The molecule has 1 saturated heterocycles. The van der Waals surface area contributed by atoms with Crippen molar-refractivity contribution in [2.24, 2.45) is 11.3 Å². The summed E-state index contributed by atoms with van der Waals surface area (Å²) in [6.07, 6.45) is 4.67. The van der Waals surface area contributed by atoms with Crippen LogP contribution in [0.5, 0.6) is 0 Å². The molecule has 1 aliphatic carbocycles. The summed E-state index contributed by atoms with van der Waals surface area (Å²) >= 11 is 0. The summed E-state index contributed by atoms with van der Waals surface area (Å²) in [4.78, 5) is 13.9. The molecule has 1 aliphatic heterocycles. The Morgan fingerprint density at radius 2 is 2.00 bits per heavy atom. The average molecular weight is 225 g/mol. The predicted octanol–water partition coefficient (Wildman–Crippen LogP) is 1.80. The van der Waals surface area contributed by atoms with Crippen molar-refractivity contribution in [2.75, 3.05) is 13.1 Å². The van der Waals surface area contributed by atoms with Gasteiger partial charge in [-0.3, -0.25) is 4.79 Å². The molecule has 1 spiro atoms. The van der Waals surface area contributed by atoms with E-state index >= 15 is 0 Å². The lowest BCUT2D eigenvalue weighted by Crippen LogP contribution is -2.53. The summed E-state index contributed by atoms with van der Waals surface area (Å²) in [5, 5.41) is 9.79. The minimum absolute atomic E-state index is 0.102. The Bertz CT molecular complexity index is 267. The number of aliphatic hydroxyl groups excluding tert-OH is 1. The summed E-state index contributed by atoms with van der Waals surface area (Å²) in [5.41, 5.74) is 0.175. The van der Waals surface area contributed by atoms with E-state index in [4.69, 9.17) is 0 Å². The normalized spacial score (nSPS) is 28.2. The summed E-state index contributed by atoms with van der Waals surface area (Å²) in [5.74, 6) is 0.733. The highest BCUT2D eigenvalue weighted by Gasteiger charge is 2.47. The van der Waals surface area contributed by atoms with Crippen molar-refractivity contribution in [2.45, 2.75) is 52.1 Å². The number of rotatable bonds is 2. The molecule has 0 aromatic carbocycles. The molecule has 1 heterocycles. The number of aliphatic hydroxyl groups is 1. The highest BCUT2D eigenvalue weighted by atomic mass is 16.3. The smallest absolute Gasteiger partial charge is 0.222 e. The van der Waals surface area contributed by atoms with Crippen molar-refractivity contribution in [3.8, 4) is 0 Å². The summed E-state index contributed by atoms with van der Waals surface area (Å²) in [7, 11) is 0. The molecule has 16 heavy (non-hydrogen) atoms. The Hall–Kier alpha value is -0.570. The third kappa shape index (κ3) is 2.10. The number of amides is 1. The van der Waals surface area contributed by atoms with Crippen LogP contribution < -0.4 is 0 Å². The van der Waals surface area contributed by atoms with E-state index in [0.29, 0.717) is 18.2 Å². The standard InChI is InChI=1S/C13H23NO2/c1-10(2)9-12(16)14-7-5-13(6-8-14)4-3-11(13)15/h10-11,15H,3-9H2,1-2H3. The summed E-state index contributed by atoms with van der Waals surface area (Å²) in [6.45, 7) is 5.86. The molecule has 1 unspecified atom stereocenters. The Balaban J connectivity index is 1.83. The Morgan fingerprint density at radius 1 is 1.38 bits per heavy atom. The maximum Gasteiger partial charge on any atom is 0.222 e. The molecule has 2 aliphatic rings. The van der Waals surface area contributed by atoms with E-state index in [9.17, 15) is 9.90 Å². The monoisotopic (exact) mass is 225 g/mol. The lowest BCUT2D eigenvalue weighted by Gasteiger charge is -2.51. The second-order valence-corrected chi connectivity index (χ2v) is 5.90. The van der Waals surface area contributed by atoms with Crippen molar-refractivity contribution in [1.82, 2.24) is 4.90 Å². The lowest BCUT2D eigenvalue weighted by molar-refractivity contribution is -0.141. The molecule has 1 N–H and O–H groups in total. The van der Waals surface area contributed by atoms with Crippen LogP contribution in [0.1, 0.15) is 46.0 Å². The average Bonchev–Trinajstić information content (AvgIpc) is 2.26. The van der Waals surface area contributed by atoms with E-state index < -0.39 is 0 Å². The third-order valence-electron chi connectivity index (χ3n) is 4.32. The van der Waals surface area contributed by atoms with Crippen molar-refractivity contribution >= 4 is 5.91 Å². The molecule has 2 rings (SSSR count). The highest BCUT2D eigenvalue weighted by Crippen LogP contribution is 2.49. The number of piperidine rings is 1. The molecular formula is C13H23NO2. The van der Waals surface area contributed by atoms with Crippen LogP contribution in [0.2, 0.25) is 0 Å². The van der Waals surface area contributed by atoms with Crippen LogP contribution in [0.4, 0.5) is 0 Å². The SMILES string of the molecule is CC(C)CC(=O)N1CCC2(CCC2O)CC1. The quantitative estimate of drug-likeness (QED) is 0.778. The fraction of sp³-hybridized carbons (Fsp3) is 0.923. The van der Waals surface area contributed by atoms with Crippen LogP contribution in [0.15, 0.2) is 0 Å². The Kier molecular flexibility index (Phi) is 3.24. The molecular weight excluding hydrogens is 202 g/mol. The van der Waals surface area contributed by atoms with Crippen LogP contribution in [0.3, 0.4) is 0 Å². The van der Waals surface area contributed by atoms with Gasteiger partial charge in [0, 0.05) is 19.5 Å². The topological polar surface area (TPSA) is 40.5 Å². The molecule has 3 heteroatoms. The van der Waals surface area contributed by atoms with Crippen molar-refractivity contribution in [3.63, 3.8) is 0 Å². The summed E-state index contributed by atoms with van der Waals surface area (Å²) in [6, 6.07) is 0. The molecule has 0 aromatic heterocycles. The van der Waals surface area contributed by atoms with Crippen molar-refractivity contribution in [1.29, 1.82) is 0 Å². The first kappa shape index (κ1) is 11.9. The predicted molar refractivity (Wildman–Crippen MR) is 62.9 cm³/mol. The largest absolute Gasteiger partial charge is 0.393 e. The van der Waals surface area contributed by atoms with Gasteiger partial charge in [0.1, 0.15) is 0 Å². The van der Waals surface area contributed by atoms with Gasteiger partial charge in [-0.1, -0.05) is 13.8 Å². The molecule has 1 atom stereocenters. The second-order valence-electron chi connectivity index (χ2n) is 5.90. The first-order valence-electron chi connectivity index (χ1n) is 6.49. The second kappa shape index (κ2) is 4.36. The van der Waals surface area contributed by atoms with Gasteiger partial charge in [-0.2, -0.15) is 0 Å². The van der Waals surface area contributed by atoms with E-state index in [1.807, 2.05) is 4.90 Å². The molecule has 2 fully saturated rings. The zero-order valence-electron chi connectivity index (χ0n) is 10.4. The van der Waals surface area contributed by atoms with Gasteiger partial charge in [0.15, 0.2) is 0 Å². The van der Waals surface area contributed by atoms with Gasteiger partial charge in [0.2, 0.25) is 5.91 Å². The minimum atomic E-state index is -0.102. The minimum Gasteiger partial charge on any atom is -0.393 e. The maximum atomic E-state index is 11.9. The molecule has 3 nitrogen and oxygen atoms in total. The van der Waals surface area contributed by atoms with Gasteiger partial charge >= 0.3 is 0 Å². The van der Waals surface area contributed by atoms with Crippen LogP contribution in [0.25, 0.3) is 0 Å². The first-order valence-corrected chi connectivity index (χ1v) is 6.49. The zero-order valence-corrected chi connectivity index (χ0v) is 10.4. The van der Waals surface area contributed by atoms with Crippen LogP contribution in [-0.4, -0.2) is 35.1 Å². The van der Waals surface area contributed by atoms with Crippen LogP contribution in [-0.2, 0) is 4.79 Å². The van der Waals surface area contributed by atoms with Crippen LogP contribution >= 0.6 is 0 Å². The number of carbonyl (C=O) groups excluding carboxylic acids is 1. The Morgan fingerprint density at radius 3 is 2.38 bits per heavy atom. The molecule has 1 saturated carbocycles. The fourth-order valence-corrected chi connectivity index (χ4v) is 2.94. The first-order chi connectivity index (χ1) is 7.53. The zero-order chi connectivity index (χ0) is 11.8. The molecule has 92 valence electrons. The van der Waals surface area contributed by atoms with E-state index in [1.54, 1.807) is 0 Å². The number of carbonyl (C=O) groups is 1. The number of hydrogen-bond acceptors (Lipinski definition) is 2. The maximum absolute atomic E-state index is 11.9. The van der Waals surface area contributed by atoms with E-state index in [1.165, 1.54) is 0 Å². The number of hydrogen-bond donors (Lipinski definition) is 1. The molecule has 0 bridgehead atoms. The van der Waals surface area contributed by atoms with Gasteiger partial charge in [0.05, 0.1) is 6.10 Å². The number of nitrogens with zero attached hydrogens (tertiary/aromatic N) is 1. The molecule has 0 radical (unpaired) electrons. The van der Waals surface area contributed by atoms with Gasteiger partial charge < -0.3 is 10.0 Å². The van der Waals surface area contributed by atoms with Crippen molar-refractivity contribution in [3.05, 3.63) is 0 Å². The highest BCUT2D eigenvalue weighted by molar-refractivity contribution is 5.76. The number of likely N-dealkylation sites (tertiary alicyclic amines) is 1.